The van der Waals surface area contributed by atoms with E-state index in [9.17, 15) is 18.0 Å². The first-order valence-corrected chi connectivity index (χ1v) is 11.2. The van der Waals surface area contributed by atoms with E-state index in [4.69, 9.17) is 4.74 Å². The Balaban J connectivity index is 1.51. The van der Waals surface area contributed by atoms with Gasteiger partial charge in [-0.1, -0.05) is 35.5 Å². The number of aryl methyl sites for hydroxylation is 1. The average molecular weight is 478 g/mol. The molecule has 0 unspecified atom stereocenters. The van der Waals surface area contributed by atoms with E-state index in [0.29, 0.717) is 37.4 Å². The molecule has 33 heavy (non-hydrogen) atoms. The second-order valence-corrected chi connectivity index (χ2v) is 8.41. The molecule has 0 saturated carbocycles. The van der Waals surface area contributed by atoms with Crippen LogP contribution in [0.5, 0.6) is 0 Å². The lowest BCUT2D eigenvalue weighted by molar-refractivity contribution is -0.137. The number of nitrogens with one attached hydrogen (secondary N) is 1. The number of carbonyl (C=O) groups is 1. The third-order valence-corrected chi connectivity index (χ3v) is 5.94. The maximum Gasteiger partial charge on any atom is 0.416 e. The van der Waals surface area contributed by atoms with Crippen molar-refractivity contribution in [2.75, 3.05) is 42.3 Å². The average Bonchev–Trinajstić information content (AvgIpc) is 3.22. The Morgan fingerprint density at radius 1 is 1.12 bits per heavy atom. The van der Waals surface area contributed by atoms with Crippen molar-refractivity contribution in [3.63, 3.8) is 0 Å². The molecule has 1 amide bonds. The molecule has 4 rings (SSSR count). The maximum absolute atomic E-state index is 12.9. The van der Waals surface area contributed by atoms with Gasteiger partial charge in [0.05, 0.1) is 30.2 Å². The van der Waals surface area contributed by atoms with Gasteiger partial charge in [0.15, 0.2) is 5.16 Å². The van der Waals surface area contributed by atoms with Crippen LogP contribution in [0.4, 0.5) is 24.8 Å². The number of hydrogen-bond donors (Lipinski definition) is 1. The van der Waals surface area contributed by atoms with Gasteiger partial charge in [-0.05, 0) is 37.3 Å². The predicted molar refractivity (Wildman–Crippen MR) is 120 cm³/mol. The Bertz CT molecular complexity index is 1110. The van der Waals surface area contributed by atoms with Crippen LogP contribution in [-0.4, -0.2) is 52.7 Å². The summed E-state index contributed by atoms with van der Waals surface area (Å²) in [6.45, 7) is 4.51. The lowest BCUT2D eigenvalue weighted by atomic mass is 10.2. The van der Waals surface area contributed by atoms with E-state index < -0.39 is 17.6 Å². The molecule has 0 atom stereocenters. The summed E-state index contributed by atoms with van der Waals surface area (Å²) in [6.07, 6.45) is -4.48. The molecule has 11 heteroatoms. The molecule has 2 aromatic carbocycles. The fourth-order valence-corrected chi connectivity index (χ4v) is 4.09. The minimum absolute atomic E-state index is 0.0383. The van der Waals surface area contributed by atoms with Gasteiger partial charge >= 0.3 is 6.18 Å². The molecule has 3 aromatic rings. The number of anilines is 2. The topological polar surface area (TPSA) is 72.3 Å². The van der Waals surface area contributed by atoms with Gasteiger partial charge in [-0.2, -0.15) is 13.2 Å². The Kier molecular flexibility index (Phi) is 6.89. The fourth-order valence-electron chi connectivity index (χ4n) is 3.34. The summed E-state index contributed by atoms with van der Waals surface area (Å²) in [5.41, 5.74) is 1.23. The van der Waals surface area contributed by atoms with Gasteiger partial charge in [0.25, 0.3) is 0 Å². The molecule has 7 nitrogen and oxygen atoms in total. The Morgan fingerprint density at radius 3 is 2.55 bits per heavy atom. The van der Waals surface area contributed by atoms with Gasteiger partial charge in [-0.15, -0.1) is 10.2 Å². The van der Waals surface area contributed by atoms with Gasteiger partial charge < -0.3 is 15.0 Å². The second kappa shape index (κ2) is 9.84. The van der Waals surface area contributed by atoms with Crippen LogP contribution in [0, 0.1) is 6.92 Å². The van der Waals surface area contributed by atoms with Gasteiger partial charge in [-0.3, -0.25) is 9.36 Å². The van der Waals surface area contributed by atoms with Crippen LogP contribution in [0.15, 0.2) is 53.7 Å². The number of carbonyl (C=O) groups excluding carboxylic acids is 1. The number of thioether (sulfide) groups is 1. The fraction of sp³-hybridized carbons (Fsp3) is 0.318. The summed E-state index contributed by atoms with van der Waals surface area (Å²) in [7, 11) is 0. The van der Waals surface area contributed by atoms with E-state index in [-0.39, 0.29) is 11.4 Å². The molecule has 0 radical (unpaired) electrons. The smallest absolute Gasteiger partial charge is 0.378 e. The van der Waals surface area contributed by atoms with Crippen LogP contribution in [0.2, 0.25) is 0 Å². The number of benzene rings is 2. The first kappa shape index (κ1) is 23.1. The van der Waals surface area contributed by atoms with Crippen LogP contribution in [-0.2, 0) is 15.7 Å². The third-order valence-electron chi connectivity index (χ3n) is 5.01. The molecular formula is C22H22F3N5O2S. The minimum Gasteiger partial charge on any atom is -0.378 e. The van der Waals surface area contributed by atoms with Crippen LogP contribution < -0.4 is 10.2 Å². The minimum atomic E-state index is -4.48. The third kappa shape index (κ3) is 5.66. The first-order chi connectivity index (χ1) is 15.8. The Hall–Kier alpha value is -3.05. The number of rotatable bonds is 6. The lowest BCUT2D eigenvalue weighted by Crippen LogP contribution is -2.37. The predicted octanol–water partition coefficient (Wildman–Crippen LogP) is 4.16. The van der Waals surface area contributed by atoms with E-state index in [1.54, 1.807) is 0 Å². The summed E-state index contributed by atoms with van der Waals surface area (Å²) >= 11 is 1.17. The number of alkyl halides is 3. The largest absolute Gasteiger partial charge is 0.416 e. The summed E-state index contributed by atoms with van der Waals surface area (Å²) in [6, 6.07) is 12.4. The zero-order valence-electron chi connectivity index (χ0n) is 17.8. The highest BCUT2D eigenvalue weighted by atomic mass is 32.2. The Labute approximate surface area is 192 Å². The van der Waals surface area contributed by atoms with E-state index in [0.717, 1.165) is 23.4 Å². The molecule has 1 saturated heterocycles. The van der Waals surface area contributed by atoms with E-state index >= 15 is 0 Å². The quantitative estimate of drug-likeness (QED) is 0.538. The highest BCUT2D eigenvalue weighted by Gasteiger charge is 2.30. The van der Waals surface area contributed by atoms with Crippen molar-refractivity contribution >= 4 is 29.3 Å². The van der Waals surface area contributed by atoms with Gasteiger partial charge in [0.2, 0.25) is 11.9 Å². The van der Waals surface area contributed by atoms with E-state index in [1.165, 1.54) is 23.9 Å². The van der Waals surface area contributed by atoms with E-state index in [2.05, 4.69) is 20.4 Å². The van der Waals surface area contributed by atoms with Gasteiger partial charge in [0.1, 0.15) is 0 Å². The molecule has 2 heterocycles. The van der Waals surface area contributed by atoms with Crippen LogP contribution in [0.1, 0.15) is 11.1 Å². The SMILES string of the molecule is Cc1ccc(-n2c(SCC(=O)Nc3cccc(C(F)(F)F)c3)nnc2N2CCOCC2)cc1. The highest BCUT2D eigenvalue weighted by molar-refractivity contribution is 7.99. The number of morpholine rings is 1. The lowest BCUT2D eigenvalue weighted by Gasteiger charge is -2.27. The van der Waals surface area contributed by atoms with Crippen molar-refractivity contribution in [1.29, 1.82) is 0 Å². The number of ether oxygens (including phenoxy) is 1. The molecule has 1 N–H and O–H groups in total. The molecule has 0 spiro atoms. The second-order valence-electron chi connectivity index (χ2n) is 7.47. The molecule has 0 bridgehead atoms. The summed E-state index contributed by atoms with van der Waals surface area (Å²) in [5.74, 6) is 0.178. The summed E-state index contributed by atoms with van der Waals surface area (Å²) in [5, 5.41) is 11.7. The van der Waals surface area contributed by atoms with Crippen molar-refractivity contribution in [3.05, 3.63) is 59.7 Å². The van der Waals surface area contributed by atoms with Crippen molar-refractivity contribution in [2.45, 2.75) is 18.3 Å². The van der Waals surface area contributed by atoms with Gasteiger partial charge in [0, 0.05) is 18.8 Å². The Morgan fingerprint density at radius 2 is 1.85 bits per heavy atom. The number of nitrogens with zero attached hydrogens (tertiary/aromatic N) is 4. The molecule has 1 aromatic heterocycles. The standard InChI is InChI=1S/C22H22F3N5O2S/c1-15-5-7-18(8-6-15)30-20(29-9-11-32-12-10-29)27-28-21(30)33-14-19(31)26-17-4-2-3-16(13-17)22(23,24)25/h2-8,13H,9-12,14H2,1H3,(H,26,31). The summed E-state index contributed by atoms with van der Waals surface area (Å²) in [4.78, 5) is 14.5. The molecule has 1 aliphatic rings. The summed E-state index contributed by atoms with van der Waals surface area (Å²) < 4.78 is 46.1. The molecule has 174 valence electrons. The number of halogens is 3. The normalized spacial score (nSPS) is 14.4. The number of hydrogen-bond acceptors (Lipinski definition) is 6. The number of amides is 1. The van der Waals surface area contributed by atoms with Crippen molar-refractivity contribution in [2.24, 2.45) is 0 Å². The van der Waals surface area contributed by atoms with Gasteiger partial charge in [-0.25, -0.2) is 0 Å². The van der Waals surface area contributed by atoms with Crippen LogP contribution >= 0.6 is 11.8 Å². The van der Waals surface area contributed by atoms with Crippen LogP contribution in [0.3, 0.4) is 0 Å². The first-order valence-electron chi connectivity index (χ1n) is 10.3. The molecule has 1 fully saturated rings. The monoisotopic (exact) mass is 477 g/mol. The highest BCUT2D eigenvalue weighted by Crippen LogP contribution is 2.31. The zero-order chi connectivity index (χ0) is 23.4. The molecule has 0 aliphatic carbocycles. The van der Waals surface area contributed by atoms with Crippen molar-refractivity contribution < 1.29 is 22.7 Å². The van der Waals surface area contributed by atoms with Crippen molar-refractivity contribution in [1.82, 2.24) is 14.8 Å². The van der Waals surface area contributed by atoms with Crippen LogP contribution in [0.25, 0.3) is 5.69 Å². The molecule has 1 aliphatic heterocycles. The molecular weight excluding hydrogens is 455 g/mol. The number of aromatic nitrogens is 3. The maximum atomic E-state index is 12.9. The van der Waals surface area contributed by atoms with E-state index in [1.807, 2.05) is 35.8 Å². The zero-order valence-corrected chi connectivity index (χ0v) is 18.6. The van der Waals surface area contributed by atoms with Crippen molar-refractivity contribution in [3.8, 4) is 5.69 Å².